The van der Waals surface area contributed by atoms with Gasteiger partial charge in [-0.25, -0.2) is 14.3 Å². The van der Waals surface area contributed by atoms with Crippen LogP contribution in [0.1, 0.15) is 44.2 Å². The van der Waals surface area contributed by atoms with Crippen molar-refractivity contribution in [3.63, 3.8) is 0 Å². The fraction of sp³-hybridized carbons (Fsp3) is 0.545. The smallest absolute Gasteiger partial charge is 0.419 e. The van der Waals surface area contributed by atoms with Gasteiger partial charge in [0.05, 0.1) is 17.9 Å². The molecule has 1 heterocycles. The van der Waals surface area contributed by atoms with Gasteiger partial charge in [0, 0.05) is 17.2 Å². The Morgan fingerprint density at radius 3 is 2.59 bits per heavy atom. The zero-order valence-electron chi connectivity index (χ0n) is 15.7. The second kappa shape index (κ2) is 5.93. The van der Waals surface area contributed by atoms with Crippen LogP contribution in [0.4, 0.5) is 4.79 Å². The number of aromatic nitrogens is 2. The summed E-state index contributed by atoms with van der Waals surface area (Å²) in [7, 11) is 0. The van der Waals surface area contributed by atoms with Gasteiger partial charge in [-0.1, -0.05) is 30.3 Å². The molecule has 5 heteroatoms. The highest BCUT2D eigenvalue weighted by Crippen LogP contribution is 2.61. The molecule has 0 aliphatic heterocycles. The maximum atomic E-state index is 12.9. The third kappa shape index (κ3) is 2.98. The minimum absolute atomic E-state index is 0.0446. The second-order valence-corrected chi connectivity index (χ2v) is 9.18. The Kier molecular flexibility index (Phi) is 3.73. The number of aryl methyl sites for hydroxylation is 1. The first-order chi connectivity index (χ1) is 12.9. The molecule has 4 bridgehead atoms. The van der Waals surface area contributed by atoms with E-state index in [1.165, 1.54) is 11.0 Å². The van der Waals surface area contributed by atoms with E-state index in [0.29, 0.717) is 24.3 Å². The van der Waals surface area contributed by atoms with Crippen LogP contribution >= 0.6 is 0 Å². The van der Waals surface area contributed by atoms with E-state index in [4.69, 9.17) is 4.74 Å². The Morgan fingerprint density at radius 2 is 1.93 bits per heavy atom. The van der Waals surface area contributed by atoms with Crippen molar-refractivity contribution in [1.29, 1.82) is 0 Å². The molecule has 2 aromatic rings. The van der Waals surface area contributed by atoms with Crippen molar-refractivity contribution in [2.45, 2.75) is 51.0 Å². The standard InChI is InChI=1S/C22H26N2O3/c1-15-12-24(19(23-15)18-5-3-2-4-6-18)20(25)27-14-21-8-16-7-17(9-21)11-22(26,10-16)13-21/h2-6,12,16-17,26H,7-11,13-14H2,1H3. The number of carbonyl (C=O) groups excluding carboxylic acids is 1. The molecule has 142 valence electrons. The highest BCUT2D eigenvalue weighted by Gasteiger charge is 2.57. The predicted octanol–water partition coefficient (Wildman–Crippen LogP) is 4.17. The molecule has 0 radical (unpaired) electrons. The molecule has 4 aliphatic carbocycles. The first kappa shape index (κ1) is 17.0. The monoisotopic (exact) mass is 366 g/mol. The van der Waals surface area contributed by atoms with Crippen molar-refractivity contribution in [2.75, 3.05) is 6.61 Å². The van der Waals surface area contributed by atoms with Gasteiger partial charge in [0.15, 0.2) is 0 Å². The first-order valence-electron chi connectivity index (χ1n) is 9.95. The zero-order chi connectivity index (χ0) is 18.6. The number of imidazole rings is 1. The van der Waals surface area contributed by atoms with Crippen LogP contribution in [0, 0.1) is 24.2 Å². The summed E-state index contributed by atoms with van der Waals surface area (Å²) in [5.41, 5.74) is 1.11. The van der Waals surface area contributed by atoms with Crippen molar-refractivity contribution in [1.82, 2.24) is 9.55 Å². The molecule has 4 saturated carbocycles. The minimum Gasteiger partial charge on any atom is -0.448 e. The molecule has 6 rings (SSSR count). The fourth-order valence-corrected chi connectivity index (χ4v) is 6.28. The molecule has 1 aromatic heterocycles. The summed E-state index contributed by atoms with van der Waals surface area (Å²) in [6.07, 6.45) is 7.37. The Morgan fingerprint density at radius 1 is 1.22 bits per heavy atom. The highest BCUT2D eigenvalue weighted by molar-refractivity contribution is 5.77. The van der Waals surface area contributed by atoms with Crippen molar-refractivity contribution in [3.8, 4) is 11.4 Å². The molecule has 2 unspecified atom stereocenters. The number of nitrogens with zero attached hydrogens (tertiary/aromatic N) is 2. The number of hydrogen-bond acceptors (Lipinski definition) is 4. The van der Waals surface area contributed by atoms with Crippen LogP contribution in [0.3, 0.4) is 0 Å². The van der Waals surface area contributed by atoms with E-state index in [0.717, 1.165) is 43.4 Å². The van der Waals surface area contributed by atoms with Gasteiger partial charge in [-0.2, -0.15) is 0 Å². The Hall–Kier alpha value is -2.14. The molecule has 27 heavy (non-hydrogen) atoms. The first-order valence-corrected chi connectivity index (χ1v) is 9.95. The molecule has 4 aliphatic rings. The van der Waals surface area contributed by atoms with E-state index in [1.807, 2.05) is 37.3 Å². The fourth-order valence-electron chi connectivity index (χ4n) is 6.28. The van der Waals surface area contributed by atoms with Crippen LogP contribution in [0.2, 0.25) is 0 Å². The van der Waals surface area contributed by atoms with Crippen LogP contribution < -0.4 is 0 Å². The van der Waals surface area contributed by atoms with Crippen LogP contribution in [0.15, 0.2) is 36.5 Å². The number of aliphatic hydroxyl groups is 1. The average Bonchev–Trinajstić information content (AvgIpc) is 3.00. The number of carbonyl (C=O) groups is 1. The van der Waals surface area contributed by atoms with Gasteiger partial charge in [0.2, 0.25) is 0 Å². The average molecular weight is 366 g/mol. The summed E-state index contributed by atoms with van der Waals surface area (Å²) in [5.74, 6) is 1.79. The van der Waals surface area contributed by atoms with Crippen LogP contribution in [-0.2, 0) is 4.74 Å². The molecule has 0 amide bonds. The van der Waals surface area contributed by atoms with E-state index in [2.05, 4.69) is 4.98 Å². The summed E-state index contributed by atoms with van der Waals surface area (Å²) in [4.78, 5) is 17.4. The third-order valence-corrected chi connectivity index (χ3v) is 6.71. The SMILES string of the molecule is Cc1cn(C(=O)OCC23CC4CC(CC(O)(C4)C2)C3)c(-c2ccccc2)n1. The minimum atomic E-state index is -0.530. The lowest BCUT2D eigenvalue weighted by Gasteiger charge is -2.59. The van der Waals surface area contributed by atoms with Gasteiger partial charge in [0.25, 0.3) is 0 Å². The van der Waals surface area contributed by atoms with Gasteiger partial charge in [0.1, 0.15) is 5.82 Å². The maximum Gasteiger partial charge on any atom is 0.419 e. The molecule has 5 nitrogen and oxygen atoms in total. The van der Waals surface area contributed by atoms with Crippen molar-refractivity contribution in [3.05, 3.63) is 42.2 Å². The van der Waals surface area contributed by atoms with Gasteiger partial charge >= 0.3 is 6.09 Å². The normalized spacial score (nSPS) is 34.0. The lowest BCUT2D eigenvalue weighted by Crippen LogP contribution is -2.57. The van der Waals surface area contributed by atoms with Crippen LogP contribution in [0.5, 0.6) is 0 Å². The van der Waals surface area contributed by atoms with Gasteiger partial charge in [-0.15, -0.1) is 0 Å². The summed E-state index contributed by atoms with van der Waals surface area (Å²) in [6.45, 7) is 2.28. The van der Waals surface area contributed by atoms with Gasteiger partial charge in [-0.05, 0) is 57.3 Å². The molecule has 2 atom stereocenters. The summed E-state index contributed by atoms with van der Waals surface area (Å²) in [5, 5.41) is 10.9. The second-order valence-electron chi connectivity index (χ2n) is 9.18. The largest absolute Gasteiger partial charge is 0.448 e. The van der Waals surface area contributed by atoms with Crippen molar-refractivity contribution in [2.24, 2.45) is 17.3 Å². The molecule has 0 spiro atoms. The molecule has 1 aromatic carbocycles. The predicted molar refractivity (Wildman–Crippen MR) is 101 cm³/mol. The topological polar surface area (TPSA) is 64.3 Å². The van der Waals surface area contributed by atoms with Gasteiger partial charge < -0.3 is 9.84 Å². The molecule has 1 N–H and O–H groups in total. The van der Waals surface area contributed by atoms with Crippen molar-refractivity contribution < 1.29 is 14.6 Å². The Bertz CT molecular complexity index is 859. The lowest BCUT2D eigenvalue weighted by molar-refractivity contribution is -0.175. The number of ether oxygens (including phenoxy) is 1. The van der Waals surface area contributed by atoms with E-state index in [-0.39, 0.29) is 11.5 Å². The molecular weight excluding hydrogens is 340 g/mol. The third-order valence-electron chi connectivity index (χ3n) is 6.71. The molecular formula is C22H26N2O3. The Labute approximate surface area is 159 Å². The highest BCUT2D eigenvalue weighted by atomic mass is 16.5. The van der Waals surface area contributed by atoms with Crippen LogP contribution in [-0.4, -0.2) is 33.0 Å². The van der Waals surface area contributed by atoms with Crippen LogP contribution in [0.25, 0.3) is 11.4 Å². The summed E-state index contributed by atoms with van der Waals surface area (Å²) >= 11 is 0. The number of benzene rings is 1. The quantitative estimate of drug-likeness (QED) is 0.885. The summed E-state index contributed by atoms with van der Waals surface area (Å²) in [6, 6.07) is 9.70. The van der Waals surface area contributed by atoms with Gasteiger partial charge in [-0.3, -0.25) is 0 Å². The van der Waals surface area contributed by atoms with E-state index in [1.54, 1.807) is 6.20 Å². The number of hydrogen-bond donors (Lipinski definition) is 1. The summed E-state index contributed by atoms with van der Waals surface area (Å²) < 4.78 is 7.32. The number of rotatable bonds is 3. The molecule has 0 saturated heterocycles. The van der Waals surface area contributed by atoms with Crippen molar-refractivity contribution >= 4 is 6.09 Å². The Balaban J connectivity index is 1.35. The van der Waals surface area contributed by atoms with E-state index >= 15 is 0 Å². The lowest BCUT2D eigenvalue weighted by atomic mass is 9.48. The zero-order valence-corrected chi connectivity index (χ0v) is 15.7. The maximum absolute atomic E-state index is 12.9. The van der Waals surface area contributed by atoms with E-state index < -0.39 is 5.60 Å². The molecule has 4 fully saturated rings. The van der Waals surface area contributed by atoms with E-state index in [9.17, 15) is 9.90 Å².